The summed E-state index contributed by atoms with van der Waals surface area (Å²) in [6.07, 6.45) is 0. The lowest BCUT2D eigenvalue weighted by Crippen LogP contribution is -2.05. The van der Waals surface area contributed by atoms with E-state index >= 15 is 0 Å². The Hall–Kier alpha value is -0.790. The highest BCUT2D eigenvalue weighted by Gasteiger charge is 2.08. The molecule has 0 bridgehead atoms. The Kier molecular flexibility index (Phi) is 3.13. The topological polar surface area (TPSA) is 44.1 Å². The molecule has 2 nitrogen and oxygen atoms in total. The number of hydrogen-bond donors (Lipinski definition) is 2. The Balaban J connectivity index is 4.61. The molecule has 0 radical (unpaired) electrons. The molecule has 2 N–H and O–H groups in total. The van der Waals surface area contributed by atoms with Crippen LogP contribution in [0.25, 0.3) is 0 Å². The highest BCUT2D eigenvalue weighted by molar-refractivity contribution is 5.96. The molecule has 58 valence electrons. The van der Waals surface area contributed by atoms with Gasteiger partial charge in [0.15, 0.2) is 0 Å². The van der Waals surface area contributed by atoms with Gasteiger partial charge in [0.1, 0.15) is 0 Å². The van der Waals surface area contributed by atoms with Gasteiger partial charge >= 0.3 is 0 Å². The summed E-state index contributed by atoms with van der Waals surface area (Å²) < 4.78 is 0. The van der Waals surface area contributed by atoms with E-state index in [1.54, 1.807) is 13.8 Å². The van der Waals surface area contributed by atoms with Crippen LogP contribution in [0.1, 0.15) is 27.7 Å². The fourth-order valence-corrected chi connectivity index (χ4v) is 1.12. The van der Waals surface area contributed by atoms with E-state index in [0.29, 0.717) is 5.71 Å². The number of allylic oxidation sites excluding steroid dienone is 2. The number of rotatable bonds is 2. The summed E-state index contributed by atoms with van der Waals surface area (Å²) >= 11 is 0. The molecule has 0 aliphatic heterocycles. The van der Waals surface area contributed by atoms with Crippen molar-refractivity contribution in [2.45, 2.75) is 27.7 Å². The molecule has 0 aromatic heterocycles. The van der Waals surface area contributed by atoms with Crippen LogP contribution in [0.5, 0.6) is 0 Å². The number of aliphatic hydroxyl groups excluding tert-OH is 1. The zero-order valence-corrected chi connectivity index (χ0v) is 7.02. The lowest BCUT2D eigenvalue weighted by molar-refractivity contribution is 0.403. The largest absolute Gasteiger partial charge is 0.512 e. The lowest BCUT2D eigenvalue weighted by atomic mass is 9.98. The van der Waals surface area contributed by atoms with Crippen LogP contribution in [0, 0.1) is 11.3 Å². The second kappa shape index (κ2) is 3.40. The van der Waals surface area contributed by atoms with E-state index < -0.39 is 0 Å². The average molecular weight is 141 g/mol. The summed E-state index contributed by atoms with van der Waals surface area (Å²) in [6, 6.07) is 0. The molecule has 0 aromatic rings. The van der Waals surface area contributed by atoms with Gasteiger partial charge in [-0.15, -0.1) is 0 Å². The average Bonchev–Trinajstić information content (AvgIpc) is 1.59. The van der Waals surface area contributed by atoms with Crippen molar-refractivity contribution < 1.29 is 5.11 Å². The number of nitrogens with one attached hydrogen (secondary N) is 1. The Morgan fingerprint density at radius 3 is 1.70 bits per heavy atom. The Morgan fingerprint density at radius 2 is 1.70 bits per heavy atom. The van der Waals surface area contributed by atoms with Crippen LogP contribution >= 0.6 is 0 Å². The normalized spacial score (nSPS) is 13.3. The van der Waals surface area contributed by atoms with Gasteiger partial charge in [-0.2, -0.15) is 0 Å². The van der Waals surface area contributed by atoms with Crippen LogP contribution in [0.3, 0.4) is 0 Å². The van der Waals surface area contributed by atoms with Crippen molar-refractivity contribution in [3.05, 3.63) is 11.3 Å². The quantitative estimate of drug-likeness (QED) is 0.450. The molecule has 0 fully saturated rings. The van der Waals surface area contributed by atoms with E-state index in [1.165, 1.54) is 0 Å². The fraction of sp³-hybridized carbons (Fsp3) is 0.625. The molecule has 0 aliphatic rings. The van der Waals surface area contributed by atoms with Crippen molar-refractivity contribution >= 4 is 5.71 Å². The van der Waals surface area contributed by atoms with E-state index in [4.69, 9.17) is 10.5 Å². The van der Waals surface area contributed by atoms with E-state index in [0.717, 1.165) is 5.57 Å². The second-order valence-electron chi connectivity index (χ2n) is 2.78. The maximum Gasteiger partial charge on any atom is 0.0944 e. The minimum absolute atomic E-state index is 0.238. The van der Waals surface area contributed by atoms with Crippen molar-refractivity contribution in [1.82, 2.24) is 0 Å². The first kappa shape index (κ1) is 9.21. The predicted octanol–water partition coefficient (Wildman–Crippen LogP) is 2.51. The van der Waals surface area contributed by atoms with Gasteiger partial charge in [-0.05, 0) is 19.8 Å². The first-order valence-electron chi connectivity index (χ1n) is 3.42. The summed E-state index contributed by atoms with van der Waals surface area (Å²) in [5.74, 6) is 0.505. The van der Waals surface area contributed by atoms with Gasteiger partial charge in [0.25, 0.3) is 0 Å². The van der Waals surface area contributed by atoms with Gasteiger partial charge in [-0.3, -0.25) is 0 Å². The van der Waals surface area contributed by atoms with E-state index in [-0.39, 0.29) is 11.7 Å². The molecule has 0 aliphatic carbocycles. The van der Waals surface area contributed by atoms with Crippen LogP contribution in [0.4, 0.5) is 0 Å². The van der Waals surface area contributed by atoms with Crippen LogP contribution in [-0.4, -0.2) is 10.8 Å². The monoisotopic (exact) mass is 141 g/mol. The summed E-state index contributed by atoms with van der Waals surface area (Å²) in [7, 11) is 0. The van der Waals surface area contributed by atoms with Crippen LogP contribution in [0.15, 0.2) is 11.3 Å². The molecular formula is C8H15NO. The fourth-order valence-electron chi connectivity index (χ4n) is 1.12. The molecular weight excluding hydrogens is 126 g/mol. The summed E-state index contributed by atoms with van der Waals surface area (Å²) in [5.41, 5.74) is 1.20. The summed E-state index contributed by atoms with van der Waals surface area (Å²) in [6.45, 7) is 7.24. The molecule has 0 aromatic carbocycles. The molecule has 0 heterocycles. The standard InChI is InChI=1S/C8H15NO/c1-5(2)8(6(3)9)7(4)10/h5,9-10H,1-4H3/b8-7-,9-6?. The van der Waals surface area contributed by atoms with Gasteiger partial charge in [-0.1, -0.05) is 13.8 Å². The van der Waals surface area contributed by atoms with Crippen LogP contribution in [0.2, 0.25) is 0 Å². The Labute approximate surface area is 62.1 Å². The van der Waals surface area contributed by atoms with Crippen LogP contribution < -0.4 is 0 Å². The zero-order chi connectivity index (χ0) is 8.31. The van der Waals surface area contributed by atoms with Crippen molar-refractivity contribution in [1.29, 1.82) is 5.41 Å². The van der Waals surface area contributed by atoms with Crippen LogP contribution in [-0.2, 0) is 0 Å². The molecule has 10 heavy (non-hydrogen) atoms. The second-order valence-corrected chi connectivity index (χ2v) is 2.78. The van der Waals surface area contributed by atoms with Crippen molar-refractivity contribution in [2.75, 3.05) is 0 Å². The highest BCUT2D eigenvalue weighted by atomic mass is 16.3. The molecule has 0 atom stereocenters. The Morgan fingerprint density at radius 1 is 1.30 bits per heavy atom. The smallest absolute Gasteiger partial charge is 0.0944 e. The highest BCUT2D eigenvalue weighted by Crippen LogP contribution is 2.13. The van der Waals surface area contributed by atoms with Gasteiger partial charge in [0, 0.05) is 11.3 Å². The molecule has 0 saturated heterocycles. The van der Waals surface area contributed by atoms with Gasteiger partial charge in [0.05, 0.1) is 5.76 Å². The van der Waals surface area contributed by atoms with E-state index in [9.17, 15) is 0 Å². The summed E-state index contributed by atoms with van der Waals surface area (Å²) in [5, 5.41) is 16.4. The first-order chi connectivity index (χ1) is 4.46. The minimum Gasteiger partial charge on any atom is -0.512 e. The van der Waals surface area contributed by atoms with Crippen molar-refractivity contribution in [3.63, 3.8) is 0 Å². The number of hydrogen-bond acceptors (Lipinski definition) is 2. The van der Waals surface area contributed by atoms with Gasteiger partial charge in [-0.25, -0.2) is 0 Å². The molecule has 0 rings (SSSR count). The maximum atomic E-state index is 9.09. The predicted molar refractivity (Wildman–Crippen MR) is 43.6 cm³/mol. The third kappa shape index (κ3) is 2.21. The molecule has 0 unspecified atom stereocenters. The van der Waals surface area contributed by atoms with Crippen molar-refractivity contribution in [2.24, 2.45) is 5.92 Å². The minimum atomic E-state index is 0.238. The lowest BCUT2D eigenvalue weighted by Gasteiger charge is -2.09. The first-order valence-corrected chi connectivity index (χ1v) is 3.42. The molecule has 2 heteroatoms. The van der Waals surface area contributed by atoms with E-state index in [1.807, 2.05) is 13.8 Å². The zero-order valence-electron chi connectivity index (χ0n) is 7.02. The van der Waals surface area contributed by atoms with E-state index in [2.05, 4.69) is 0 Å². The summed E-state index contributed by atoms with van der Waals surface area (Å²) in [4.78, 5) is 0. The molecule has 0 saturated carbocycles. The van der Waals surface area contributed by atoms with Crippen molar-refractivity contribution in [3.8, 4) is 0 Å². The maximum absolute atomic E-state index is 9.09. The SMILES string of the molecule is CC(=N)/C(=C(/C)O)C(C)C. The Bertz CT molecular complexity index is 164. The van der Waals surface area contributed by atoms with Gasteiger partial charge in [0.2, 0.25) is 0 Å². The van der Waals surface area contributed by atoms with Gasteiger partial charge < -0.3 is 10.5 Å². The number of aliphatic hydroxyl groups is 1. The third-order valence-corrected chi connectivity index (χ3v) is 1.37. The molecule has 0 spiro atoms. The third-order valence-electron chi connectivity index (χ3n) is 1.37. The molecule has 0 amide bonds.